The molecule has 6 heteroatoms. The normalized spacial score (nSPS) is 18.3. The molecule has 0 saturated carbocycles. The highest BCUT2D eigenvalue weighted by Gasteiger charge is 2.26. The van der Waals surface area contributed by atoms with Crippen LogP contribution in [0.3, 0.4) is 0 Å². The van der Waals surface area contributed by atoms with Crippen LogP contribution in [-0.2, 0) is 16.0 Å². The lowest BCUT2D eigenvalue weighted by Gasteiger charge is -2.31. The number of piperidine rings is 1. The van der Waals surface area contributed by atoms with Crippen molar-refractivity contribution < 1.29 is 9.59 Å². The fraction of sp³-hybridized carbons (Fsp3) is 0.500. The van der Waals surface area contributed by atoms with Gasteiger partial charge in [0, 0.05) is 19.5 Å². The highest BCUT2D eigenvalue weighted by molar-refractivity contribution is 6.42. The molecule has 1 aromatic rings. The number of likely N-dealkylation sites (tertiary alicyclic amines) is 1. The second-order valence-electron chi connectivity index (χ2n) is 5.68. The van der Waals surface area contributed by atoms with Gasteiger partial charge in [-0.2, -0.15) is 0 Å². The van der Waals surface area contributed by atoms with E-state index in [4.69, 9.17) is 28.9 Å². The van der Waals surface area contributed by atoms with Crippen molar-refractivity contribution in [3.63, 3.8) is 0 Å². The number of primary amides is 1. The van der Waals surface area contributed by atoms with Crippen LogP contribution >= 0.6 is 23.2 Å². The summed E-state index contributed by atoms with van der Waals surface area (Å²) in [6, 6.07) is 5.52. The lowest BCUT2D eigenvalue weighted by Crippen LogP contribution is -2.44. The summed E-state index contributed by atoms with van der Waals surface area (Å²) in [6.45, 7) is 1.18. The number of aryl methyl sites for hydroxylation is 1. The highest BCUT2D eigenvalue weighted by atomic mass is 35.5. The van der Waals surface area contributed by atoms with Crippen LogP contribution in [0.5, 0.6) is 0 Å². The second-order valence-corrected chi connectivity index (χ2v) is 6.50. The minimum absolute atomic E-state index is 0.0889. The Kier molecular flexibility index (Phi) is 6.09. The number of carbonyl (C=O) groups excluding carboxylic acids is 2. The van der Waals surface area contributed by atoms with Crippen LogP contribution in [0.2, 0.25) is 10.0 Å². The maximum atomic E-state index is 12.2. The molecule has 0 spiro atoms. The van der Waals surface area contributed by atoms with Gasteiger partial charge in [0.1, 0.15) is 0 Å². The van der Waals surface area contributed by atoms with Crippen molar-refractivity contribution in [3.8, 4) is 0 Å². The van der Waals surface area contributed by atoms with Crippen LogP contribution in [-0.4, -0.2) is 29.8 Å². The van der Waals surface area contributed by atoms with E-state index in [2.05, 4.69) is 0 Å². The summed E-state index contributed by atoms with van der Waals surface area (Å²) in [5.41, 5.74) is 6.40. The molecular formula is C16H20Cl2N2O2. The summed E-state index contributed by atoms with van der Waals surface area (Å²) < 4.78 is 0. The molecule has 4 nitrogen and oxygen atoms in total. The zero-order valence-electron chi connectivity index (χ0n) is 12.4. The van der Waals surface area contributed by atoms with Gasteiger partial charge >= 0.3 is 0 Å². The Morgan fingerprint density at radius 1 is 1.27 bits per heavy atom. The van der Waals surface area contributed by atoms with Gasteiger partial charge in [-0.3, -0.25) is 9.59 Å². The van der Waals surface area contributed by atoms with E-state index in [1.165, 1.54) is 0 Å². The summed E-state index contributed by atoms with van der Waals surface area (Å²) in [5.74, 6) is -0.424. The van der Waals surface area contributed by atoms with Gasteiger partial charge in [0.05, 0.1) is 16.0 Å². The topological polar surface area (TPSA) is 63.4 Å². The smallest absolute Gasteiger partial charge is 0.222 e. The first-order valence-electron chi connectivity index (χ1n) is 7.48. The predicted molar refractivity (Wildman–Crippen MR) is 87.9 cm³/mol. The second kappa shape index (κ2) is 7.84. The van der Waals surface area contributed by atoms with Gasteiger partial charge in [-0.05, 0) is 43.4 Å². The van der Waals surface area contributed by atoms with Gasteiger partial charge in [0.2, 0.25) is 11.8 Å². The monoisotopic (exact) mass is 342 g/mol. The van der Waals surface area contributed by atoms with Crippen LogP contribution in [0.15, 0.2) is 18.2 Å². The molecule has 120 valence electrons. The molecular weight excluding hydrogens is 323 g/mol. The third kappa shape index (κ3) is 4.62. The van der Waals surface area contributed by atoms with E-state index in [1.807, 2.05) is 12.1 Å². The molecule has 2 amide bonds. The number of benzene rings is 1. The van der Waals surface area contributed by atoms with Crippen LogP contribution in [0.4, 0.5) is 0 Å². The van der Waals surface area contributed by atoms with Gasteiger partial charge in [-0.1, -0.05) is 29.3 Å². The lowest BCUT2D eigenvalue weighted by molar-refractivity contribution is -0.135. The molecule has 1 aliphatic heterocycles. The van der Waals surface area contributed by atoms with E-state index in [1.54, 1.807) is 11.0 Å². The zero-order chi connectivity index (χ0) is 16.1. The number of nitrogens with two attached hydrogens (primary N) is 1. The third-order valence-electron chi connectivity index (χ3n) is 4.02. The van der Waals surface area contributed by atoms with Crippen molar-refractivity contribution in [2.75, 3.05) is 13.1 Å². The lowest BCUT2D eigenvalue weighted by atomic mass is 9.97. The molecule has 0 aliphatic carbocycles. The average Bonchev–Trinajstić information content (AvgIpc) is 2.51. The first-order chi connectivity index (χ1) is 10.5. The number of nitrogens with zero attached hydrogens (tertiary/aromatic N) is 1. The molecule has 0 aromatic heterocycles. The Balaban J connectivity index is 1.79. The molecule has 1 fully saturated rings. The van der Waals surface area contributed by atoms with Crippen LogP contribution < -0.4 is 5.73 Å². The average molecular weight is 343 g/mol. The molecule has 1 aliphatic rings. The van der Waals surface area contributed by atoms with E-state index in [0.29, 0.717) is 23.0 Å². The van der Waals surface area contributed by atoms with E-state index in [-0.39, 0.29) is 17.7 Å². The van der Waals surface area contributed by atoms with E-state index < -0.39 is 0 Å². The van der Waals surface area contributed by atoms with Crippen molar-refractivity contribution in [1.82, 2.24) is 4.90 Å². The van der Waals surface area contributed by atoms with Gasteiger partial charge in [-0.25, -0.2) is 0 Å². The highest BCUT2D eigenvalue weighted by Crippen LogP contribution is 2.23. The zero-order valence-corrected chi connectivity index (χ0v) is 13.9. The van der Waals surface area contributed by atoms with Crippen LogP contribution in [0.25, 0.3) is 0 Å². The van der Waals surface area contributed by atoms with Crippen LogP contribution in [0, 0.1) is 5.92 Å². The Morgan fingerprint density at radius 3 is 2.73 bits per heavy atom. The molecule has 2 rings (SSSR count). The molecule has 1 heterocycles. The molecule has 0 bridgehead atoms. The quantitative estimate of drug-likeness (QED) is 0.893. The number of halogens is 2. The van der Waals surface area contributed by atoms with Gasteiger partial charge in [-0.15, -0.1) is 0 Å². The summed E-state index contributed by atoms with van der Waals surface area (Å²) in [7, 11) is 0. The minimum atomic E-state index is -0.312. The Bertz CT molecular complexity index is 563. The van der Waals surface area contributed by atoms with Crippen molar-refractivity contribution in [2.45, 2.75) is 32.1 Å². The van der Waals surface area contributed by atoms with Crippen molar-refractivity contribution in [1.29, 1.82) is 0 Å². The van der Waals surface area contributed by atoms with Gasteiger partial charge in [0.25, 0.3) is 0 Å². The largest absolute Gasteiger partial charge is 0.369 e. The standard InChI is InChI=1S/C16H20Cl2N2O2/c17-13-7-6-11(9-14(13)18)3-1-5-15(21)20-8-2-4-12(10-20)16(19)22/h6-7,9,12H,1-5,8,10H2,(H2,19,22)/t12-/m0/s1. The maximum absolute atomic E-state index is 12.2. The summed E-state index contributed by atoms with van der Waals surface area (Å²) in [6.07, 6.45) is 3.60. The summed E-state index contributed by atoms with van der Waals surface area (Å²) >= 11 is 11.8. The van der Waals surface area contributed by atoms with Crippen LogP contribution in [0.1, 0.15) is 31.2 Å². The Hall–Kier alpha value is -1.26. The molecule has 1 saturated heterocycles. The number of rotatable bonds is 5. The third-order valence-corrected chi connectivity index (χ3v) is 4.76. The SMILES string of the molecule is NC(=O)[C@H]1CCCN(C(=O)CCCc2ccc(Cl)c(Cl)c2)C1. The van der Waals surface area contributed by atoms with Crippen molar-refractivity contribution >= 4 is 35.0 Å². The first-order valence-corrected chi connectivity index (χ1v) is 8.24. The molecule has 1 aromatic carbocycles. The molecule has 0 radical (unpaired) electrons. The fourth-order valence-corrected chi connectivity index (χ4v) is 3.05. The molecule has 0 unspecified atom stereocenters. The Labute approximate surface area is 140 Å². The summed E-state index contributed by atoms with van der Waals surface area (Å²) in [4.78, 5) is 25.2. The number of hydrogen-bond acceptors (Lipinski definition) is 2. The maximum Gasteiger partial charge on any atom is 0.222 e. The molecule has 2 N–H and O–H groups in total. The first kappa shape index (κ1) is 17.1. The predicted octanol–water partition coefficient (Wildman–Crippen LogP) is 3.04. The van der Waals surface area contributed by atoms with Crippen molar-refractivity contribution in [2.24, 2.45) is 11.7 Å². The summed E-state index contributed by atoms with van der Waals surface area (Å²) in [5, 5.41) is 1.07. The fourth-order valence-electron chi connectivity index (χ4n) is 2.73. The molecule has 1 atom stereocenters. The Morgan fingerprint density at radius 2 is 2.05 bits per heavy atom. The van der Waals surface area contributed by atoms with E-state index in [0.717, 1.165) is 37.8 Å². The van der Waals surface area contributed by atoms with Crippen molar-refractivity contribution in [3.05, 3.63) is 33.8 Å². The van der Waals surface area contributed by atoms with Gasteiger partial charge < -0.3 is 10.6 Å². The van der Waals surface area contributed by atoms with E-state index >= 15 is 0 Å². The number of hydrogen-bond donors (Lipinski definition) is 1. The van der Waals surface area contributed by atoms with E-state index in [9.17, 15) is 9.59 Å². The number of amides is 2. The number of carbonyl (C=O) groups is 2. The molecule has 22 heavy (non-hydrogen) atoms. The minimum Gasteiger partial charge on any atom is -0.369 e. The van der Waals surface area contributed by atoms with Gasteiger partial charge in [0.15, 0.2) is 0 Å².